The Hall–Kier alpha value is -1.89. The largest absolute Gasteiger partial charge is 0.349 e. The van der Waals surface area contributed by atoms with Crippen LogP contribution in [0, 0.1) is 5.92 Å². The molecule has 0 radical (unpaired) electrons. The number of rotatable bonds is 8. The third kappa shape index (κ3) is 5.63. The van der Waals surface area contributed by atoms with E-state index in [0.29, 0.717) is 6.42 Å². The van der Waals surface area contributed by atoms with Crippen LogP contribution in [0.4, 0.5) is 5.69 Å². The lowest BCUT2D eigenvalue weighted by Crippen LogP contribution is -2.33. The minimum absolute atomic E-state index is 0.0180. The van der Waals surface area contributed by atoms with Crippen molar-refractivity contribution in [3.63, 3.8) is 0 Å². The molecule has 1 aromatic rings. The quantitative estimate of drug-likeness (QED) is 0.749. The molecule has 2 rings (SSSR count). The summed E-state index contributed by atoms with van der Waals surface area (Å²) < 4.78 is 23.3. The fourth-order valence-corrected chi connectivity index (χ4v) is 3.64. The second kappa shape index (κ2) is 7.79. The van der Waals surface area contributed by atoms with Crippen LogP contribution in [-0.2, 0) is 19.4 Å². The summed E-state index contributed by atoms with van der Waals surface area (Å²) >= 11 is 0. The molecule has 0 saturated heterocycles. The van der Waals surface area contributed by atoms with Gasteiger partial charge in [-0.2, -0.15) is 0 Å². The number of benzene rings is 1. The summed E-state index contributed by atoms with van der Waals surface area (Å²) in [6.45, 7) is 3.56. The second-order valence-corrected chi connectivity index (χ2v) is 8.45. The van der Waals surface area contributed by atoms with Gasteiger partial charge in [0, 0.05) is 11.6 Å². The van der Waals surface area contributed by atoms with E-state index in [4.69, 9.17) is 0 Å². The number of hydrogen-bond donors (Lipinski definition) is 2. The van der Waals surface area contributed by atoms with Crippen molar-refractivity contribution in [1.29, 1.82) is 0 Å². The summed E-state index contributed by atoms with van der Waals surface area (Å²) in [5.74, 6) is -0.773. The molecule has 0 aromatic heterocycles. The van der Waals surface area contributed by atoms with Crippen molar-refractivity contribution in [2.24, 2.45) is 5.92 Å². The lowest BCUT2D eigenvalue weighted by Gasteiger charge is -2.15. The normalized spacial score (nSPS) is 15.6. The van der Waals surface area contributed by atoms with E-state index in [1.54, 1.807) is 26.0 Å². The molecular formula is C17H24N2O4S. The maximum absolute atomic E-state index is 11.9. The highest BCUT2D eigenvalue weighted by atomic mass is 32.2. The predicted octanol–water partition coefficient (Wildman–Crippen LogP) is 2.04. The SMILES string of the molecule is CCCS(=O)(=O)CC(=O)NC(C)c1ccc(NC(=O)C2CC2)cc1. The van der Waals surface area contributed by atoms with E-state index < -0.39 is 21.5 Å². The molecule has 132 valence electrons. The number of amides is 2. The first kappa shape index (κ1) is 18.4. The van der Waals surface area contributed by atoms with Crippen LogP contribution in [0.15, 0.2) is 24.3 Å². The van der Waals surface area contributed by atoms with E-state index in [-0.39, 0.29) is 23.6 Å². The molecule has 0 aliphatic heterocycles. The smallest absolute Gasteiger partial charge is 0.235 e. The fourth-order valence-electron chi connectivity index (χ4n) is 2.39. The Morgan fingerprint density at radius 2 is 1.83 bits per heavy atom. The van der Waals surface area contributed by atoms with Crippen molar-refractivity contribution in [2.45, 2.75) is 39.2 Å². The monoisotopic (exact) mass is 352 g/mol. The molecule has 1 aliphatic rings. The van der Waals surface area contributed by atoms with Gasteiger partial charge in [-0.25, -0.2) is 8.42 Å². The Balaban J connectivity index is 1.88. The lowest BCUT2D eigenvalue weighted by molar-refractivity contribution is -0.119. The third-order valence-electron chi connectivity index (χ3n) is 3.87. The number of sulfone groups is 1. The Kier molecular flexibility index (Phi) is 5.99. The van der Waals surface area contributed by atoms with Gasteiger partial charge in [-0.05, 0) is 43.9 Å². The van der Waals surface area contributed by atoms with Gasteiger partial charge in [-0.3, -0.25) is 9.59 Å². The topological polar surface area (TPSA) is 92.3 Å². The van der Waals surface area contributed by atoms with E-state index in [0.717, 1.165) is 24.1 Å². The molecule has 1 aromatic carbocycles. The van der Waals surface area contributed by atoms with Crippen LogP contribution in [0.25, 0.3) is 0 Å². The van der Waals surface area contributed by atoms with Gasteiger partial charge in [0.05, 0.1) is 11.8 Å². The van der Waals surface area contributed by atoms with Gasteiger partial charge in [-0.15, -0.1) is 0 Å². The number of nitrogens with one attached hydrogen (secondary N) is 2. The number of carbonyl (C=O) groups excluding carboxylic acids is 2. The van der Waals surface area contributed by atoms with Crippen molar-refractivity contribution in [3.8, 4) is 0 Å². The fraction of sp³-hybridized carbons (Fsp3) is 0.529. The number of anilines is 1. The summed E-state index contributed by atoms with van der Waals surface area (Å²) in [6.07, 6.45) is 2.40. The lowest BCUT2D eigenvalue weighted by atomic mass is 10.1. The Morgan fingerprint density at radius 3 is 2.38 bits per heavy atom. The molecule has 2 amide bonds. The molecule has 1 atom stereocenters. The molecule has 24 heavy (non-hydrogen) atoms. The first-order valence-corrected chi connectivity index (χ1v) is 10.0. The van der Waals surface area contributed by atoms with Crippen LogP contribution in [0.2, 0.25) is 0 Å². The summed E-state index contributed by atoms with van der Waals surface area (Å²) in [5.41, 5.74) is 1.57. The van der Waals surface area contributed by atoms with E-state index in [1.165, 1.54) is 0 Å². The van der Waals surface area contributed by atoms with Gasteiger partial charge in [0.15, 0.2) is 9.84 Å². The maximum Gasteiger partial charge on any atom is 0.235 e. The van der Waals surface area contributed by atoms with Crippen LogP contribution < -0.4 is 10.6 Å². The summed E-state index contributed by atoms with van der Waals surface area (Å²) in [5, 5.41) is 5.54. The molecule has 1 unspecified atom stereocenters. The van der Waals surface area contributed by atoms with Crippen LogP contribution in [0.3, 0.4) is 0 Å². The molecule has 7 heteroatoms. The molecule has 1 fully saturated rings. The Bertz CT molecular complexity index is 694. The zero-order chi connectivity index (χ0) is 17.7. The van der Waals surface area contributed by atoms with E-state index >= 15 is 0 Å². The Morgan fingerprint density at radius 1 is 1.21 bits per heavy atom. The molecular weight excluding hydrogens is 328 g/mol. The molecule has 0 spiro atoms. The molecule has 2 N–H and O–H groups in total. The van der Waals surface area contributed by atoms with Crippen LogP contribution in [0.1, 0.15) is 44.7 Å². The number of carbonyl (C=O) groups is 2. The average molecular weight is 352 g/mol. The highest BCUT2D eigenvalue weighted by Crippen LogP contribution is 2.30. The molecule has 1 saturated carbocycles. The van der Waals surface area contributed by atoms with Crippen LogP contribution in [0.5, 0.6) is 0 Å². The minimum atomic E-state index is -3.34. The Labute approximate surface area is 142 Å². The highest BCUT2D eigenvalue weighted by Gasteiger charge is 2.29. The van der Waals surface area contributed by atoms with E-state index in [1.807, 2.05) is 12.1 Å². The van der Waals surface area contributed by atoms with Gasteiger partial charge in [0.25, 0.3) is 0 Å². The molecule has 6 nitrogen and oxygen atoms in total. The molecule has 0 bridgehead atoms. The predicted molar refractivity (Wildman–Crippen MR) is 93.3 cm³/mol. The molecule has 0 heterocycles. The maximum atomic E-state index is 11.9. The van der Waals surface area contributed by atoms with Gasteiger partial charge in [0.2, 0.25) is 11.8 Å². The third-order valence-corrected chi connectivity index (χ3v) is 5.60. The summed E-state index contributed by atoms with van der Waals surface area (Å²) in [4.78, 5) is 23.6. The zero-order valence-corrected chi connectivity index (χ0v) is 14.9. The first-order chi connectivity index (χ1) is 11.3. The van der Waals surface area contributed by atoms with Crippen molar-refractivity contribution < 1.29 is 18.0 Å². The van der Waals surface area contributed by atoms with Gasteiger partial charge >= 0.3 is 0 Å². The highest BCUT2D eigenvalue weighted by molar-refractivity contribution is 7.92. The van der Waals surface area contributed by atoms with Crippen molar-refractivity contribution in [2.75, 3.05) is 16.8 Å². The first-order valence-electron chi connectivity index (χ1n) is 8.21. The van der Waals surface area contributed by atoms with Crippen molar-refractivity contribution in [1.82, 2.24) is 5.32 Å². The average Bonchev–Trinajstić information content (AvgIpc) is 3.31. The van der Waals surface area contributed by atoms with Crippen molar-refractivity contribution in [3.05, 3.63) is 29.8 Å². The zero-order valence-electron chi connectivity index (χ0n) is 14.0. The van der Waals surface area contributed by atoms with Gasteiger partial charge < -0.3 is 10.6 Å². The standard InChI is InChI=1S/C17H24N2O4S/c1-3-10-24(22,23)11-16(20)18-12(2)13-6-8-15(9-7-13)19-17(21)14-4-5-14/h6-9,12,14H,3-5,10-11H2,1-2H3,(H,18,20)(H,19,21). The summed E-state index contributed by atoms with van der Waals surface area (Å²) in [6, 6.07) is 6.89. The molecule has 1 aliphatic carbocycles. The summed E-state index contributed by atoms with van der Waals surface area (Å²) in [7, 11) is -3.34. The van der Waals surface area contributed by atoms with Crippen LogP contribution >= 0.6 is 0 Å². The van der Waals surface area contributed by atoms with E-state index in [2.05, 4.69) is 10.6 Å². The van der Waals surface area contributed by atoms with Crippen LogP contribution in [-0.4, -0.2) is 31.7 Å². The van der Waals surface area contributed by atoms with Gasteiger partial charge in [-0.1, -0.05) is 19.1 Å². The number of hydrogen-bond acceptors (Lipinski definition) is 4. The minimum Gasteiger partial charge on any atom is -0.349 e. The van der Waals surface area contributed by atoms with Gasteiger partial charge in [0.1, 0.15) is 5.75 Å². The van der Waals surface area contributed by atoms with E-state index in [9.17, 15) is 18.0 Å². The second-order valence-electron chi connectivity index (χ2n) is 6.27. The van der Waals surface area contributed by atoms with Crippen molar-refractivity contribution >= 4 is 27.3 Å².